The molecule has 0 saturated carbocycles. The van der Waals surface area contributed by atoms with Gasteiger partial charge in [0, 0.05) is 37.4 Å². The first-order valence-corrected chi connectivity index (χ1v) is 9.82. The van der Waals surface area contributed by atoms with Crippen molar-refractivity contribution in [3.8, 4) is 0 Å². The highest BCUT2D eigenvalue weighted by Gasteiger charge is 2.26. The van der Waals surface area contributed by atoms with Gasteiger partial charge in [-0.05, 0) is 18.8 Å². The molecule has 120 valence electrons. The highest BCUT2D eigenvalue weighted by Crippen LogP contribution is 2.18. The van der Waals surface area contributed by atoms with Gasteiger partial charge in [0.1, 0.15) is 5.69 Å². The molecule has 0 spiro atoms. The summed E-state index contributed by atoms with van der Waals surface area (Å²) in [6.45, 7) is 1.51. The molecule has 1 amide bonds. The molecule has 0 radical (unpaired) electrons. The van der Waals surface area contributed by atoms with E-state index in [4.69, 9.17) is 0 Å². The lowest BCUT2D eigenvalue weighted by Gasteiger charge is -2.30. The fraction of sp³-hybridized carbons (Fsp3) is 0.538. The number of carbonyl (C=O) groups is 1. The van der Waals surface area contributed by atoms with Crippen LogP contribution in [0.4, 0.5) is 0 Å². The quantitative estimate of drug-likeness (QED) is 0.891. The zero-order valence-electron chi connectivity index (χ0n) is 12.2. The second kappa shape index (κ2) is 5.98. The van der Waals surface area contributed by atoms with Crippen molar-refractivity contribution in [2.45, 2.75) is 12.8 Å². The predicted molar refractivity (Wildman–Crippen MR) is 84.5 cm³/mol. The van der Waals surface area contributed by atoms with Crippen LogP contribution in [0.1, 0.15) is 23.3 Å². The van der Waals surface area contributed by atoms with E-state index in [1.807, 2.05) is 16.0 Å². The van der Waals surface area contributed by atoms with Crippen LogP contribution in [0.5, 0.6) is 0 Å². The molecule has 0 bridgehead atoms. The van der Waals surface area contributed by atoms with Gasteiger partial charge in [-0.1, -0.05) is 0 Å². The molecular formula is C13H18N4O3S2. The van der Waals surface area contributed by atoms with Gasteiger partial charge in [-0.15, -0.1) is 11.3 Å². The summed E-state index contributed by atoms with van der Waals surface area (Å²) in [6.07, 6.45) is 6.53. The van der Waals surface area contributed by atoms with Gasteiger partial charge in [0.15, 0.2) is 4.96 Å². The van der Waals surface area contributed by atoms with Crippen molar-refractivity contribution in [3.05, 3.63) is 23.5 Å². The number of carbonyl (C=O) groups excluding carboxylic acids is 1. The maximum Gasteiger partial charge on any atom is 0.271 e. The number of imidazole rings is 1. The first-order valence-electron chi connectivity index (χ1n) is 7.09. The third kappa shape index (κ3) is 3.31. The van der Waals surface area contributed by atoms with Crippen molar-refractivity contribution in [3.63, 3.8) is 0 Å². The van der Waals surface area contributed by atoms with Gasteiger partial charge in [0.05, 0.1) is 6.26 Å². The molecule has 1 N–H and O–H groups in total. The van der Waals surface area contributed by atoms with Crippen molar-refractivity contribution < 1.29 is 13.2 Å². The average Bonchev–Trinajstić information content (AvgIpc) is 3.05. The van der Waals surface area contributed by atoms with E-state index in [1.54, 1.807) is 6.20 Å². The SMILES string of the molecule is CS(=O)(=O)N1CCCC(CNC(=O)c2cn3ccsc3n2)C1. The van der Waals surface area contributed by atoms with Crippen LogP contribution in [0.15, 0.2) is 17.8 Å². The lowest BCUT2D eigenvalue weighted by molar-refractivity contribution is 0.0937. The van der Waals surface area contributed by atoms with Crippen LogP contribution in [-0.4, -0.2) is 53.9 Å². The molecule has 1 atom stereocenters. The van der Waals surface area contributed by atoms with Crippen LogP contribution >= 0.6 is 11.3 Å². The fourth-order valence-electron chi connectivity index (χ4n) is 2.66. The zero-order valence-corrected chi connectivity index (χ0v) is 13.9. The van der Waals surface area contributed by atoms with E-state index < -0.39 is 10.0 Å². The zero-order chi connectivity index (χ0) is 15.7. The van der Waals surface area contributed by atoms with Crippen LogP contribution in [0.25, 0.3) is 4.96 Å². The normalized spacial score (nSPS) is 20.3. The number of sulfonamides is 1. The largest absolute Gasteiger partial charge is 0.350 e. The smallest absolute Gasteiger partial charge is 0.271 e. The Morgan fingerprint density at radius 1 is 1.55 bits per heavy atom. The Bertz CT molecular complexity index is 752. The molecule has 22 heavy (non-hydrogen) atoms. The van der Waals surface area contributed by atoms with Gasteiger partial charge in [-0.3, -0.25) is 9.20 Å². The minimum absolute atomic E-state index is 0.149. The highest BCUT2D eigenvalue weighted by atomic mass is 32.2. The number of aromatic nitrogens is 2. The predicted octanol–water partition coefficient (Wildman–Crippen LogP) is 0.797. The molecule has 1 fully saturated rings. The summed E-state index contributed by atoms with van der Waals surface area (Å²) >= 11 is 1.47. The first-order chi connectivity index (χ1) is 10.4. The minimum Gasteiger partial charge on any atom is -0.350 e. The second-order valence-corrected chi connectivity index (χ2v) is 8.41. The Morgan fingerprint density at radius 2 is 2.36 bits per heavy atom. The van der Waals surface area contributed by atoms with E-state index in [-0.39, 0.29) is 11.8 Å². The number of hydrogen-bond acceptors (Lipinski definition) is 5. The van der Waals surface area contributed by atoms with Crippen LogP contribution in [0.2, 0.25) is 0 Å². The summed E-state index contributed by atoms with van der Waals surface area (Å²) < 4.78 is 26.5. The molecule has 1 saturated heterocycles. The second-order valence-electron chi connectivity index (χ2n) is 5.56. The molecule has 9 heteroatoms. The first kappa shape index (κ1) is 15.4. The van der Waals surface area contributed by atoms with Crippen molar-refractivity contribution in [2.75, 3.05) is 25.9 Å². The third-order valence-electron chi connectivity index (χ3n) is 3.83. The number of fused-ring (bicyclic) bond motifs is 1. The molecule has 7 nitrogen and oxygen atoms in total. The molecule has 1 aliphatic heterocycles. The van der Waals surface area contributed by atoms with E-state index >= 15 is 0 Å². The van der Waals surface area contributed by atoms with Crippen LogP contribution in [-0.2, 0) is 10.0 Å². The molecule has 3 heterocycles. The standard InChI is InChI=1S/C13H18N4O3S2/c1-22(19,20)17-4-2-3-10(8-17)7-14-12(18)11-9-16-5-6-21-13(16)15-11/h5-6,9-10H,2-4,7-8H2,1H3,(H,14,18). The molecule has 0 aliphatic carbocycles. The Labute approximate surface area is 133 Å². The van der Waals surface area contributed by atoms with Crippen LogP contribution in [0, 0.1) is 5.92 Å². The lowest BCUT2D eigenvalue weighted by Crippen LogP contribution is -2.43. The van der Waals surface area contributed by atoms with E-state index in [0.717, 1.165) is 17.8 Å². The topological polar surface area (TPSA) is 83.8 Å². The average molecular weight is 342 g/mol. The van der Waals surface area contributed by atoms with Crippen LogP contribution < -0.4 is 5.32 Å². The van der Waals surface area contributed by atoms with E-state index in [0.29, 0.717) is 25.3 Å². The summed E-state index contributed by atoms with van der Waals surface area (Å²) in [7, 11) is -3.15. The maximum absolute atomic E-state index is 12.1. The van der Waals surface area contributed by atoms with Crippen molar-refractivity contribution >= 4 is 32.2 Å². The van der Waals surface area contributed by atoms with Crippen LogP contribution in [0.3, 0.4) is 0 Å². The molecule has 2 aromatic heterocycles. The van der Waals surface area contributed by atoms with E-state index in [1.165, 1.54) is 21.9 Å². The summed E-state index contributed by atoms with van der Waals surface area (Å²) in [6, 6.07) is 0. The Hall–Kier alpha value is -1.45. The van der Waals surface area contributed by atoms with Gasteiger partial charge in [-0.2, -0.15) is 0 Å². The molecule has 1 aliphatic rings. The summed E-state index contributed by atoms with van der Waals surface area (Å²) in [5, 5.41) is 4.77. The monoisotopic (exact) mass is 342 g/mol. The number of thiazole rings is 1. The minimum atomic E-state index is -3.15. The summed E-state index contributed by atoms with van der Waals surface area (Å²) in [4.78, 5) is 17.2. The van der Waals surface area contributed by atoms with Gasteiger partial charge < -0.3 is 5.32 Å². The number of nitrogens with one attached hydrogen (secondary N) is 1. The van der Waals surface area contributed by atoms with Crippen molar-refractivity contribution in [1.29, 1.82) is 0 Å². The molecule has 3 rings (SSSR count). The number of piperidine rings is 1. The Kier molecular flexibility index (Phi) is 4.20. The third-order valence-corrected chi connectivity index (χ3v) is 5.87. The van der Waals surface area contributed by atoms with Crippen molar-refractivity contribution in [1.82, 2.24) is 19.0 Å². The summed E-state index contributed by atoms with van der Waals surface area (Å²) in [5.74, 6) is -0.0662. The number of rotatable bonds is 4. The summed E-state index contributed by atoms with van der Waals surface area (Å²) in [5.41, 5.74) is 0.391. The molecule has 1 unspecified atom stereocenters. The van der Waals surface area contributed by atoms with E-state index in [2.05, 4.69) is 10.3 Å². The Morgan fingerprint density at radius 3 is 3.09 bits per heavy atom. The lowest BCUT2D eigenvalue weighted by atomic mass is 10.00. The molecule has 2 aromatic rings. The van der Waals surface area contributed by atoms with E-state index in [9.17, 15) is 13.2 Å². The highest BCUT2D eigenvalue weighted by molar-refractivity contribution is 7.88. The molecule has 0 aromatic carbocycles. The Balaban J connectivity index is 1.57. The molecular weight excluding hydrogens is 324 g/mol. The van der Waals surface area contributed by atoms with Gasteiger partial charge >= 0.3 is 0 Å². The number of hydrogen-bond donors (Lipinski definition) is 1. The van der Waals surface area contributed by atoms with Gasteiger partial charge in [-0.25, -0.2) is 17.7 Å². The maximum atomic E-state index is 12.1. The fourth-order valence-corrected chi connectivity index (χ4v) is 4.30. The number of nitrogens with zero attached hydrogens (tertiary/aromatic N) is 3. The van der Waals surface area contributed by atoms with Crippen molar-refractivity contribution in [2.24, 2.45) is 5.92 Å². The van der Waals surface area contributed by atoms with Gasteiger partial charge in [0.2, 0.25) is 10.0 Å². The number of amides is 1. The van der Waals surface area contributed by atoms with Gasteiger partial charge in [0.25, 0.3) is 5.91 Å².